The smallest absolute Gasteiger partial charge is 0.416 e. The molecule has 4 aromatic heterocycles. The summed E-state index contributed by atoms with van der Waals surface area (Å²) in [6.07, 6.45) is -4.48. The highest BCUT2D eigenvalue weighted by Crippen LogP contribution is 2.39. The predicted molar refractivity (Wildman–Crippen MR) is 216 cm³/mol. The molecule has 6 heterocycles. The summed E-state index contributed by atoms with van der Waals surface area (Å²) >= 11 is 0. The van der Waals surface area contributed by atoms with E-state index in [9.17, 15) is 33.0 Å². The number of rotatable bonds is 8. The lowest BCUT2D eigenvalue weighted by molar-refractivity contribution is -0.137. The molecular weight excluding hydrogens is 778 g/mol. The fourth-order valence-corrected chi connectivity index (χ4v) is 8.16. The van der Waals surface area contributed by atoms with E-state index in [4.69, 9.17) is 4.98 Å². The van der Waals surface area contributed by atoms with Crippen LogP contribution in [0.3, 0.4) is 0 Å². The Morgan fingerprint density at radius 3 is 2.10 bits per heavy atom. The lowest BCUT2D eigenvalue weighted by atomic mass is 9.84. The average Bonchev–Trinajstić information content (AvgIpc) is 3.81. The predicted octanol–water partition coefficient (Wildman–Crippen LogP) is 6.09. The van der Waals surface area contributed by atoms with Gasteiger partial charge in [-0.3, -0.25) is 19.8 Å². The van der Waals surface area contributed by atoms with Gasteiger partial charge in [0.1, 0.15) is 11.5 Å². The zero-order valence-corrected chi connectivity index (χ0v) is 32.4. The summed E-state index contributed by atoms with van der Waals surface area (Å²) in [6, 6.07) is 19.1. The molecule has 7 aromatic rings. The van der Waals surface area contributed by atoms with Gasteiger partial charge in [0, 0.05) is 72.8 Å². The van der Waals surface area contributed by atoms with Gasteiger partial charge in [0.2, 0.25) is 0 Å². The van der Waals surface area contributed by atoms with E-state index in [2.05, 4.69) is 41.3 Å². The highest BCUT2D eigenvalue weighted by atomic mass is 19.4. The number of phenols is 2. The van der Waals surface area contributed by atoms with Crippen LogP contribution < -0.4 is 16.0 Å². The van der Waals surface area contributed by atoms with Gasteiger partial charge in [-0.2, -0.15) is 23.4 Å². The molecular formula is C43H39F3N10O4. The number of phenolic OH excluding ortho intramolecular Hbond substituents is 2. The van der Waals surface area contributed by atoms with Crippen LogP contribution in [0.15, 0.2) is 78.9 Å². The third-order valence-corrected chi connectivity index (χ3v) is 11.4. The fourth-order valence-electron chi connectivity index (χ4n) is 8.16. The standard InChI is InChI=1S/C43H39F3N10O4/c1-21-36-30(16-32(50-39(36)54-52-21)23-5-10-28(57)11-6-23)41(59)49-19-26-18-48-38(26)29-15-25(7-12-35(29)58)33-17-31(37-22(2)53-55-40(37)51-33)42(60)56-14-13-47-20-34(56)24-3-8-27(9-4-24)43(44,45)46/h3-12,15-17,26,34,38,47-48,57-58H,13-14,18-20H2,1-2H3,(H,49,59)(H,50,52,54)(H,51,53,55). The number of amides is 2. The number of nitrogens with zero attached hydrogens (tertiary/aromatic N) is 5. The number of fused-ring (bicyclic) bond motifs is 2. The monoisotopic (exact) mass is 816 g/mol. The molecule has 2 aliphatic heterocycles. The Bertz CT molecular complexity index is 2790. The maximum atomic E-state index is 14.5. The number of benzene rings is 3. The van der Waals surface area contributed by atoms with Crippen LogP contribution in [0.5, 0.6) is 11.5 Å². The average molecular weight is 817 g/mol. The Balaban J connectivity index is 0.975. The summed E-state index contributed by atoms with van der Waals surface area (Å²) < 4.78 is 40.1. The quantitative estimate of drug-likeness (QED) is 0.0944. The Kier molecular flexibility index (Phi) is 9.71. The van der Waals surface area contributed by atoms with Gasteiger partial charge in [0.05, 0.1) is 44.9 Å². The van der Waals surface area contributed by atoms with Crippen molar-refractivity contribution in [1.82, 2.24) is 51.2 Å². The van der Waals surface area contributed by atoms with E-state index in [1.54, 1.807) is 60.4 Å². The number of aromatic amines is 2. The number of aryl methyl sites for hydroxylation is 2. The number of aromatic hydroxyl groups is 2. The van der Waals surface area contributed by atoms with E-state index in [0.29, 0.717) is 104 Å². The second-order valence-corrected chi connectivity index (χ2v) is 15.2. The van der Waals surface area contributed by atoms with Gasteiger partial charge in [-0.15, -0.1) is 0 Å². The lowest BCUT2D eigenvalue weighted by Crippen LogP contribution is -2.51. The van der Waals surface area contributed by atoms with Crippen LogP contribution in [0.4, 0.5) is 13.2 Å². The van der Waals surface area contributed by atoms with Crippen molar-refractivity contribution in [1.29, 1.82) is 0 Å². The van der Waals surface area contributed by atoms with E-state index in [1.165, 1.54) is 12.1 Å². The van der Waals surface area contributed by atoms with Crippen LogP contribution in [0, 0.1) is 19.8 Å². The molecule has 2 amide bonds. The van der Waals surface area contributed by atoms with Crippen LogP contribution in [-0.4, -0.2) is 90.0 Å². The minimum Gasteiger partial charge on any atom is -0.508 e. The topological polar surface area (TPSA) is 197 Å². The molecule has 14 nitrogen and oxygen atoms in total. The Labute approximate surface area is 340 Å². The summed E-state index contributed by atoms with van der Waals surface area (Å²) in [7, 11) is 0. The molecule has 0 aliphatic carbocycles. The van der Waals surface area contributed by atoms with Crippen molar-refractivity contribution < 1.29 is 33.0 Å². The Morgan fingerprint density at radius 2 is 1.45 bits per heavy atom. The normalized spacial score (nSPS) is 18.1. The van der Waals surface area contributed by atoms with Crippen molar-refractivity contribution in [3.05, 3.63) is 118 Å². The highest BCUT2D eigenvalue weighted by molar-refractivity contribution is 6.08. The van der Waals surface area contributed by atoms with Gasteiger partial charge in [-0.05, 0) is 86.1 Å². The number of H-pyrrole nitrogens is 2. The molecule has 7 N–H and O–H groups in total. The molecule has 306 valence electrons. The van der Waals surface area contributed by atoms with E-state index in [1.807, 2.05) is 13.0 Å². The number of nitrogens with one attached hydrogen (secondary N) is 5. The summed E-state index contributed by atoms with van der Waals surface area (Å²) in [6.45, 7) is 5.65. The largest absolute Gasteiger partial charge is 0.508 e. The summed E-state index contributed by atoms with van der Waals surface area (Å²) in [5.41, 5.74) is 5.46. The van der Waals surface area contributed by atoms with Crippen molar-refractivity contribution in [3.63, 3.8) is 0 Å². The van der Waals surface area contributed by atoms with Gasteiger partial charge in [-0.1, -0.05) is 12.1 Å². The molecule has 3 atom stereocenters. The summed E-state index contributed by atoms with van der Waals surface area (Å²) in [5, 5.41) is 46.3. The molecule has 9 rings (SSSR count). The van der Waals surface area contributed by atoms with Crippen molar-refractivity contribution in [2.75, 3.05) is 32.7 Å². The first-order valence-corrected chi connectivity index (χ1v) is 19.4. The van der Waals surface area contributed by atoms with Crippen molar-refractivity contribution in [2.24, 2.45) is 5.92 Å². The maximum absolute atomic E-state index is 14.5. The molecule has 0 saturated carbocycles. The third kappa shape index (κ3) is 7.04. The third-order valence-electron chi connectivity index (χ3n) is 11.4. The molecule has 0 spiro atoms. The molecule has 3 unspecified atom stereocenters. The number of carbonyl (C=O) groups is 2. The van der Waals surface area contributed by atoms with Gasteiger partial charge < -0.3 is 31.1 Å². The maximum Gasteiger partial charge on any atom is 0.416 e. The van der Waals surface area contributed by atoms with Crippen LogP contribution in [0.2, 0.25) is 0 Å². The molecule has 17 heteroatoms. The molecule has 60 heavy (non-hydrogen) atoms. The first kappa shape index (κ1) is 38.7. The molecule has 2 saturated heterocycles. The second-order valence-electron chi connectivity index (χ2n) is 15.2. The number of piperazine rings is 1. The van der Waals surface area contributed by atoms with E-state index in [0.717, 1.165) is 12.1 Å². The molecule has 0 radical (unpaired) electrons. The molecule has 2 aliphatic rings. The summed E-state index contributed by atoms with van der Waals surface area (Å²) in [5.74, 6) is -0.568. The number of halogens is 3. The van der Waals surface area contributed by atoms with Crippen LogP contribution in [0.25, 0.3) is 44.6 Å². The number of hydrogen-bond donors (Lipinski definition) is 7. The first-order chi connectivity index (χ1) is 28.8. The van der Waals surface area contributed by atoms with Crippen LogP contribution >= 0.6 is 0 Å². The van der Waals surface area contributed by atoms with Crippen molar-refractivity contribution in [2.45, 2.75) is 32.1 Å². The van der Waals surface area contributed by atoms with E-state index in [-0.39, 0.29) is 41.8 Å². The van der Waals surface area contributed by atoms with Crippen LogP contribution in [0.1, 0.15) is 60.9 Å². The van der Waals surface area contributed by atoms with Crippen molar-refractivity contribution in [3.8, 4) is 34.0 Å². The van der Waals surface area contributed by atoms with Gasteiger partial charge >= 0.3 is 6.18 Å². The molecule has 2 fully saturated rings. The zero-order chi connectivity index (χ0) is 41.9. The van der Waals surface area contributed by atoms with Crippen molar-refractivity contribution >= 4 is 33.9 Å². The number of aromatic nitrogens is 6. The van der Waals surface area contributed by atoms with E-state index >= 15 is 0 Å². The minimum absolute atomic E-state index is 0.0453. The molecule has 3 aromatic carbocycles. The highest BCUT2D eigenvalue weighted by Gasteiger charge is 2.36. The second kappa shape index (κ2) is 15.1. The minimum atomic E-state index is -4.48. The van der Waals surface area contributed by atoms with E-state index < -0.39 is 17.8 Å². The molecule has 0 bridgehead atoms. The zero-order valence-electron chi connectivity index (χ0n) is 32.4. The van der Waals surface area contributed by atoms with Gasteiger partial charge in [0.25, 0.3) is 11.8 Å². The number of alkyl halides is 3. The number of hydrogen-bond acceptors (Lipinski definition) is 10. The number of pyridine rings is 2. The first-order valence-electron chi connectivity index (χ1n) is 19.4. The summed E-state index contributed by atoms with van der Waals surface area (Å²) in [4.78, 5) is 39.5. The van der Waals surface area contributed by atoms with Crippen LogP contribution in [-0.2, 0) is 6.18 Å². The lowest BCUT2D eigenvalue weighted by Gasteiger charge is -2.39. The van der Waals surface area contributed by atoms with Gasteiger partial charge in [0.15, 0.2) is 11.3 Å². The Morgan fingerprint density at radius 1 is 0.817 bits per heavy atom. The Hall–Kier alpha value is -6.85. The fraction of sp³-hybridized carbons (Fsp3) is 0.256. The number of carbonyl (C=O) groups excluding carboxylic acids is 2. The SMILES string of the molecule is Cc1[nH]nc2nc(-c3ccc(O)cc3)cc(C(=O)NCC3CNC3c3cc(-c4cc(C(=O)N5CCNCC5c5ccc(C(F)(F)F)cc5)c5c(C)[nH]nc5n4)ccc3O)c12. The van der Waals surface area contributed by atoms with Gasteiger partial charge in [-0.25, -0.2) is 9.97 Å².